The smallest absolute Gasteiger partial charge is 0.261 e. The van der Waals surface area contributed by atoms with E-state index in [4.69, 9.17) is 0 Å². The number of phenolic OH excluding ortho intramolecular Hbond substituents is 2. The van der Waals surface area contributed by atoms with Crippen LogP contribution in [-0.2, 0) is 16.0 Å². The monoisotopic (exact) mass is 405 g/mol. The number of carbonyl (C=O) groups excluding carboxylic acids is 2. The van der Waals surface area contributed by atoms with E-state index in [0.717, 1.165) is 5.56 Å². The van der Waals surface area contributed by atoms with Crippen LogP contribution >= 0.6 is 31.9 Å². The Hall–Kier alpha value is -1.34. The number of carbonyl (C=O) groups is 2. The van der Waals surface area contributed by atoms with Crippen LogP contribution in [-0.4, -0.2) is 40.9 Å². The van der Waals surface area contributed by atoms with Crippen molar-refractivity contribution in [2.75, 3.05) is 13.6 Å². The molecule has 0 spiro atoms. The molecule has 0 heterocycles. The van der Waals surface area contributed by atoms with Gasteiger partial charge in [0.25, 0.3) is 5.91 Å². The number of amides is 1. The fraction of sp³-hybridized carbons (Fsp3) is 0.231. The molecule has 108 valence electrons. The standard InChI is InChI=1S/C13H13Br2NO4/c1-16(13(20)12(15)9(14)7-17)5-4-8-2-3-10(18)11(19)6-8/h2-3,6-7,18-19H,4-5H2,1H3/b12-9-. The van der Waals surface area contributed by atoms with Crippen molar-refractivity contribution in [3.63, 3.8) is 0 Å². The summed E-state index contributed by atoms with van der Waals surface area (Å²) in [4.78, 5) is 23.9. The van der Waals surface area contributed by atoms with Gasteiger partial charge in [-0.15, -0.1) is 0 Å². The van der Waals surface area contributed by atoms with Gasteiger partial charge in [0, 0.05) is 13.6 Å². The molecule has 0 unspecified atom stereocenters. The third-order valence-electron chi connectivity index (χ3n) is 2.62. The van der Waals surface area contributed by atoms with Gasteiger partial charge in [-0.2, -0.15) is 0 Å². The van der Waals surface area contributed by atoms with E-state index in [2.05, 4.69) is 31.9 Å². The number of benzene rings is 1. The molecule has 1 aromatic carbocycles. The topological polar surface area (TPSA) is 77.8 Å². The molecule has 0 radical (unpaired) electrons. The zero-order valence-corrected chi connectivity index (χ0v) is 13.8. The van der Waals surface area contributed by atoms with Gasteiger partial charge in [0.05, 0.1) is 8.96 Å². The lowest BCUT2D eigenvalue weighted by atomic mass is 10.1. The van der Waals surface area contributed by atoms with Gasteiger partial charge >= 0.3 is 0 Å². The average molecular weight is 407 g/mol. The van der Waals surface area contributed by atoms with Gasteiger partial charge < -0.3 is 15.1 Å². The van der Waals surface area contributed by atoms with Crippen LogP contribution < -0.4 is 0 Å². The van der Waals surface area contributed by atoms with Crippen LogP contribution in [0.25, 0.3) is 0 Å². The fourth-order valence-corrected chi connectivity index (χ4v) is 2.01. The van der Waals surface area contributed by atoms with Crippen LogP contribution in [0, 0.1) is 0 Å². The molecular weight excluding hydrogens is 394 g/mol. The Morgan fingerprint density at radius 2 is 1.95 bits per heavy atom. The van der Waals surface area contributed by atoms with Crippen molar-refractivity contribution >= 4 is 44.1 Å². The van der Waals surface area contributed by atoms with E-state index >= 15 is 0 Å². The molecule has 0 aliphatic rings. The number of aromatic hydroxyl groups is 2. The summed E-state index contributed by atoms with van der Waals surface area (Å²) in [5, 5.41) is 18.6. The van der Waals surface area contributed by atoms with Crippen LogP contribution in [0.4, 0.5) is 0 Å². The van der Waals surface area contributed by atoms with Gasteiger partial charge in [0.15, 0.2) is 17.8 Å². The number of hydrogen-bond donors (Lipinski definition) is 2. The van der Waals surface area contributed by atoms with Gasteiger partial charge in [0.2, 0.25) is 0 Å². The summed E-state index contributed by atoms with van der Waals surface area (Å²) in [5.41, 5.74) is 0.787. The van der Waals surface area contributed by atoms with E-state index in [1.165, 1.54) is 17.0 Å². The molecule has 0 fully saturated rings. The van der Waals surface area contributed by atoms with Crippen LogP contribution in [0.2, 0.25) is 0 Å². The first kappa shape index (κ1) is 16.7. The molecule has 5 nitrogen and oxygen atoms in total. The van der Waals surface area contributed by atoms with Crippen molar-refractivity contribution in [1.82, 2.24) is 4.90 Å². The van der Waals surface area contributed by atoms with E-state index in [-0.39, 0.29) is 26.4 Å². The molecule has 2 N–H and O–H groups in total. The summed E-state index contributed by atoms with van der Waals surface area (Å²) in [6.45, 7) is 0.400. The maximum Gasteiger partial charge on any atom is 0.261 e. The Balaban J connectivity index is 2.67. The molecule has 1 amide bonds. The van der Waals surface area contributed by atoms with Crippen molar-refractivity contribution in [2.24, 2.45) is 0 Å². The lowest BCUT2D eigenvalue weighted by Gasteiger charge is -2.17. The van der Waals surface area contributed by atoms with Gasteiger partial charge in [-0.05, 0) is 56.0 Å². The first-order valence-corrected chi connectivity index (χ1v) is 7.22. The average Bonchev–Trinajstić information content (AvgIpc) is 2.45. The molecule has 0 saturated heterocycles. The molecule has 1 rings (SSSR count). The lowest BCUT2D eigenvalue weighted by Crippen LogP contribution is -2.29. The number of allylic oxidation sites excluding steroid dienone is 1. The first-order valence-electron chi connectivity index (χ1n) is 5.63. The normalized spacial score (nSPS) is 11.8. The Morgan fingerprint density at radius 3 is 2.50 bits per heavy atom. The maximum absolute atomic E-state index is 11.9. The second-order valence-electron chi connectivity index (χ2n) is 4.08. The molecule has 0 aromatic heterocycles. The van der Waals surface area contributed by atoms with Crippen molar-refractivity contribution in [1.29, 1.82) is 0 Å². The van der Waals surface area contributed by atoms with Crippen LogP contribution in [0.5, 0.6) is 11.5 Å². The second kappa shape index (κ2) is 7.44. The maximum atomic E-state index is 11.9. The highest BCUT2D eigenvalue weighted by Gasteiger charge is 2.15. The number of hydrogen-bond acceptors (Lipinski definition) is 4. The Bertz CT molecular complexity index is 557. The summed E-state index contributed by atoms with van der Waals surface area (Å²) in [5.74, 6) is -0.702. The SMILES string of the molecule is CN(CCc1ccc(O)c(O)c1)C(=O)/C(Br)=C(/Br)C=O. The lowest BCUT2D eigenvalue weighted by molar-refractivity contribution is -0.125. The molecule has 0 saturated carbocycles. The minimum absolute atomic E-state index is 0.150. The predicted octanol–water partition coefficient (Wildman–Crippen LogP) is 2.30. The summed E-state index contributed by atoms with van der Waals surface area (Å²) in [6, 6.07) is 4.50. The zero-order chi connectivity index (χ0) is 15.3. The first-order chi connectivity index (χ1) is 9.36. The highest BCUT2D eigenvalue weighted by atomic mass is 79.9. The van der Waals surface area contributed by atoms with E-state index in [1.54, 1.807) is 13.1 Å². The van der Waals surface area contributed by atoms with Crippen molar-refractivity contribution in [2.45, 2.75) is 6.42 Å². The largest absolute Gasteiger partial charge is 0.504 e. The van der Waals surface area contributed by atoms with Crippen LogP contribution in [0.15, 0.2) is 27.2 Å². The number of aldehydes is 1. The third-order valence-corrected chi connectivity index (χ3v) is 4.51. The minimum atomic E-state index is -0.327. The van der Waals surface area contributed by atoms with Gasteiger partial charge in [-0.1, -0.05) is 6.07 Å². The van der Waals surface area contributed by atoms with Crippen molar-refractivity contribution in [3.05, 3.63) is 32.7 Å². The predicted molar refractivity (Wildman–Crippen MR) is 82.1 cm³/mol. The van der Waals surface area contributed by atoms with Gasteiger partial charge in [-0.3, -0.25) is 9.59 Å². The molecule has 0 aliphatic heterocycles. The minimum Gasteiger partial charge on any atom is -0.504 e. The van der Waals surface area contributed by atoms with E-state index in [0.29, 0.717) is 19.3 Å². The molecule has 1 aromatic rings. The van der Waals surface area contributed by atoms with Crippen molar-refractivity contribution < 1.29 is 19.8 Å². The van der Waals surface area contributed by atoms with E-state index < -0.39 is 0 Å². The van der Waals surface area contributed by atoms with E-state index in [1.807, 2.05) is 0 Å². The summed E-state index contributed by atoms with van der Waals surface area (Å²) < 4.78 is 0.306. The fourth-order valence-electron chi connectivity index (χ4n) is 1.44. The number of nitrogens with zero attached hydrogens (tertiary/aromatic N) is 1. The summed E-state index contributed by atoms with van der Waals surface area (Å²) >= 11 is 6.04. The molecule has 7 heteroatoms. The Morgan fingerprint density at radius 1 is 1.30 bits per heavy atom. The summed E-state index contributed by atoms with van der Waals surface area (Å²) in [6.07, 6.45) is 1.04. The van der Waals surface area contributed by atoms with Gasteiger partial charge in [-0.25, -0.2) is 0 Å². The van der Waals surface area contributed by atoms with Crippen LogP contribution in [0.3, 0.4) is 0 Å². The quantitative estimate of drug-likeness (QED) is 0.446. The zero-order valence-electron chi connectivity index (χ0n) is 10.6. The number of rotatable bonds is 5. The molecule has 20 heavy (non-hydrogen) atoms. The van der Waals surface area contributed by atoms with Crippen LogP contribution in [0.1, 0.15) is 5.56 Å². The number of halogens is 2. The molecule has 0 aliphatic carbocycles. The third kappa shape index (κ3) is 4.35. The van der Waals surface area contributed by atoms with E-state index in [9.17, 15) is 19.8 Å². The van der Waals surface area contributed by atoms with Crippen molar-refractivity contribution in [3.8, 4) is 11.5 Å². The highest BCUT2D eigenvalue weighted by molar-refractivity contribution is 9.14. The molecule has 0 atom stereocenters. The summed E-state index contributed by atoms with van der Waals surface area (Å²) in [7, 11) is 1.61. The Kier molecular flexibility index (Phi) is 6.22. The highest BCUT2D eigenvalue weighted by Crippen LogP contribution is 2.25. The van der Waals surface area contributed by atoms with Gasteiger partial charge in [0.1, 0.15) is 0 Å². The number of likely N-dealkylation sites (N-methyl/N-ethyl adjacent to an activating group) is 1. The molecule has 0 bridgehead atoms. The molecular formula is C13H13Br2NO4. The number of phenols is 2. The second-order valence-corrected chi connectivity index (χ2v) is 5.73. The Labute approximate surface area is 133 Å².